The Morgan fingerprint density at radius 2 is 1.76 bits per heavy atom. The van der Waals surface area contributed by atoms with Crippen LogP contribution < -0.4 is 15.6 Å². The maximum Gasteiger partial charge on any atom is 0.256 e. The summed E-state index contributed by atoms with van der Waals surface area (Å²) in [6.45, 7) is 7.67. The van der Waals surface area contributed by atoms with Crippen molar-refractivity contribution in [1.82, 2.24) is 19.8 Å². The van der Waals surface area contributed by atoms with Gasteiger partial charge in [-0.2, -0.15) is 0 Å². The number of methoxy groups -OCH3 is 1. The standard InChI is InChI=1S/C32H36F2N4O3/c1-19-16-29(41-4)24(31(39)36-19)17-35-32(40)30-21(3)38(28-11-6-5-8-23(28)30)20(2)22-12-14-37(15-13-22)18-25-26(33)9-7-10-27(25)34/h5-11,16,20,22H,12-15,17-18H2,1-4H3,(H,35,40)(H,36,39). The fraction of sp³-hybridized carbons (Fsp3) is 0.375. The molecule has 1 amide bonds. The summed E-state index contributed by atoms with van der Waals surface area (Å²) >= 11 is 0. The quantitative estimate of drug-likeness (QED) is 0.292. The van der Waals surface area contributed by atoms with Crippen molar-refractivity contribution in [3.8, 4) is 5.75 Å². The van der Waals surface area contributed by atoms with E-state index in [0.29, 0.717) is 28.5 Å². The molecule has 2 aromatic heterocycles. The summed E-state index contributed by atoms with van der Waals surface area (Å²) in [5.74, 6) is -0.508. The minimum absolute atomic E-state index is 0.0349. The van der Waals surface area contributed by atoms with Crippen LogP contribution in [0.25, 0.3) is 10.9 Å². The molecule has 7 nitrogen and oxygen atoms in total. The monoisotopic (exact) mass is 562 g/mol. The number of amides is 1. The Labute approximate surface area is 238 Å². The molecular weight excluding hydrogens is 526 g/mol. The Balaban J connectivity index is 1.34. The predicted molar refractivity (Wildman–Crippen MR) is 155 cm³/mol. The number of aromatic nitrogens is 2. The number of nitrogens with one attached hydrogen (secondary N) is 2. The molecule has 1 aliphatic rings. The molecule has 2 N–H and O–H groups in total. The lowest BCUT2D eigenvalue weighted by atomic mass is 9.89. The number of nitrogens with zero attached hydrogens (tertiary/aromatic N) is 2. The maximum absolute atomic E-state index is 14.2. The first kappa shape index (κ1) is 28.5. The van der Waals surface area contributed by atoms with E-state index in [-0.39, 0.29) is 36.2 Å². The highest BCUT2D eigenvalue weighted by molar-refractivity contribution is 6.08. The number of rotatable bonds is 8. The number of piperidine rings is 1. The fourth-order valence-electron chi connectivity index (χ4n) is 6.21. The van der Waals surface area contributed by atoms with Gasteiger partial charge in [-0.05, 0) is 76.9 Å². The topological polar surface area (TPSA) is 79.4 Å². The van der Waals surface area contributed by atoms with Crippen LogP contribution in [-0.4, -0.2) is 40.6 Å². The molecule has 0 saturated carbocycles. The molecule has 0 aliphatic carbocycles. The molecule has 9 heteroatoms. The SMILES string of the molecule is COc1cc(C)[nH]c(=O)c1CNC(=O)c1c(C)n(C(C)C2CCN(Cc3c(F)cccc3F)CC2)c2ccccc12. The molecule has 4 aromatic rings. The summed E-state index contributed by atoms with van der Waals surface area (Å²) in [6.07, 6.45) is 1.75. The van der Waals surface area contributed by atoms with E-state index in [1.54, 1.807) is 13.0 Å². The van der Waals surface area contributed by atoms with Gasteiger partial charge in [0.2, 0.25) is 0 Å². The van der Waals surface area contributed by atoms with Gasteiger partial charge in [0, 0.05) is 40.4 Å². The van der Waals surface area contributed by atoms with Crippen molar-refractivity contribution >= 4 is 16.8 Å². The first-order valence-corrected chi connectivity index (χ1v) is 14.0. The third-order valence-corrected chi connectivity index (χ3v) is 8.42. The zero-order valence-corrected chi connectivity index (χ0v) is 23.9. The maximum atomic E-state index is 14.2. The van der Waals surface area contributed by atoms with Crippen LogP contribution in [0.3, 0.4) is 0 Å². The number of aromatic amines is 1. The highest BCUT2D eigenvalue weighted by Gasteiger charge is 2.30. The molecule has 1 atom stereocenters. The Morgan fingerprint density at radius 1 is 1.07 bits per heavy atom. The van der Waals surface area contributed by atoms with Crippen LogP contribution in [0.1, 0.15) is 58.7 Å². The van der Waals surface area contributed by atoms with Gasteiger partial charge in [-0.15, -0.1) is 0 Å². The highest BCUT2D eigenvalue weighted by Crippen LogP contribution is 2.36. The van der Waals surface area contributed by atoms with Crippen molar-refractivity contribution in [3.63, 3.8) is 0 Å². The van der Waals surface area contributed by atoms with E-state index in [4.69, 9.17) is 4.74 Å². The molecule has 2 aromatic carbocycles. The number of H-pyrrole nitrogens is 1. The van der Waals surface area contributed by atoms with E-state index in [1.165, 1.54) is 25.3 Å². The van der Waals surface area contributed by atoms with Crippen LogP contribution in [0.2, 0.25) is 0 Å². The van der Waals surface area contributed by atoms with Gasteiger partial charge in [0.1, 0.15) is 17.4 Å². The van der Waals surface area contributed by atoms with E-state index in [1.807, 2.05) is 31.2 Å². The minimum atomic E-state index is -0.508. The number of para-hydroxylation sites is 1. The minimum Gasteiger partial charge on any atom is -0.496 e. The lowest BCUT2D eigenvalue weighted by Gasteiger charge is -2.36. The highest BCUT2D eigenvalue weighted by atomic mass is 19.1. The number of carbonyl (C=O) groups is 1. The molecular formula is C32H36F2N4O3. The smallest absolute Gasteiger partial charge is 0.256 e. The lowest BCUT2D eigenvalue weighted by molar-refractivity contribution is 0.0950. The van der Waals surface area contributed by atoms with Crippen molar-refractivity contribution in [2.24, 2.45) is 5.92 Å². The summed E-state index contributed by atoms with van der Waals surface area (Å²) in [6, 6.07) is 13.7. The molecule has 1 saturated heterocycles. The van der Waals surface area contributed by atoms with Gasteiger partial charge in [0.15, 0.2) is 0 Å². The van der Waals surface area contributed by atoms with Crippen LogP contribution in [-0.2, 0) is 13.1 Å². The molecule has 1 fully saturated rings. The molecule has 216 valence electrons. The third kappa shape index (κ3) is 5.63. The first-order chi connectivity index (χ1) is 19.7. The Kier molecular flexibility index (Phi) is 8.26. The molecule has 0 radical (unpaired) electrons. The van der Waals surface area contributed by atoms with E-state index < -0.39 is 11.6 Å². The van der Waals surface area contributed by atoms with E-state index >= 15 is 0 Å². The van der Waals surface area contributed by atoms with Gasteiger partial charge < -0.3 is 19.6 Å². The number of benzene rings is 2. The van der Waals surface area contributed by atoms with Gasteiger partial charge in [-0.25, -0.2) is 8.78 Å². The first-order valence-electron chi connectivity index (χ1n) is 14.0. The number of carbonyl (C=O) groups excluding carboxylic acids is 1. The van der Waals surface area contributed by atoms with Crippen molar-refractivity contribution in [3.05, 3.63) is 98.6 Å². The summed E-state index contributed by atoms with van der Waals surface area (Å²) in [4.78, 5) is 31.0. The van der Waals surface area contributed by atoms with Crippen molar-refractivity contribution in [2.45, 2.75) is 52.7 Å². The molecule has 3 heterocycles. The fourth-order valence-corrected chi connectivity index (χ4v) is 6.21. The number of hydrogen-bond donors (Lipinski definition) is 2. The molecule has 1 aliphatic heterocycles. The number of likely N-dealkylation sites (tertiary alicyclic amines) is 1. The molecule has 0 bridgehead atoms. The predicted octanol–water partition coefficient (Wildman–Crippen LogP) is 5.64. The van der Waals surface area contributed by atoms with Gasteiger partial charge in [-0.1, -0.05) is 24.3 Å². The number of halogens is 2. The summed E-state index contributed by atoms with van der Waals surface area (Å²) < 4.78 is 36.0. The number of pyridine rings is 1. The average Bonchev–Trinajstić information content (AvgIpc) is 3.25. The number of aryl methyl sites for hydroxylation is 1. The van der Waals surface area contributed by atoms with Crippen LogP contribution in [0.4, 0.5) is 8.78 Å². The van der Waals surface area contributed by atoms with Crippen LogP contribution in [0.5, 0.6) is 5.75 Å². The van der Waals surface area contributed by atoms with Crippen LogP contribution in [0, 0.1) is 31.4 Å². The number of hydrogen-bond acceptors (Lipinski definition) is 4. The normalized spacial score (nSPS) is 15.3. The van der Waals surface area contributed by atoms with Crippen molar-refractivity contribution < 1.29 is 18.3 Å². The summed E-state index contributed by atoms with van der Waals surface area (Å²) in [5.41, 5.74) is 3.29. The molecule has 1 unspecified atom stereocenters. The lowest BCUT2D eigenvalue weighted by Crippen LogP contribution is -2.36. The zero-order valence-electron chi connectivity index (χ0n) is 23.9. The molecule has 41 heavy (non-hydrogen) atoms. The van der Waals surface area contributed by atoms with Crippen LogP contribution >= 0.6 is 0 Å². The average molecular weight is 563 g/mol. The second-order valence-electron chi connectivity index (χ2n) is 10.9. The van der Waals surface area contributed by atoms with Gasteiger partial charge in [0.05, 0.1) is 24.8 Å². The summed E-state index contributed by atoms with van der Waals surface area (Å²) in [5, 5.41) is 3.79. The second-order valence-corrected chi connectivity index (χ2v) is 10.9. The van der Waals surface area contributed by atoms with E-state index in [9.17, 15) is 18.4 Å². The van der Waals surface area contributed by atoms with Gasteiger partial charge in [-0.3, -0.25) is 14.5 Å². The van der Waals surface area contributed by atoms with E-state index in [0.717, 1.165) is 42.5 Å². The second kappa shape index (κ2) is 11.9. The van der Waals surface area contributed by atoms with Crippen molar-refractivity contribution in [2.75, 3.05) is 20.2 Å². The Hall–Kier alpha value is -3.98. The Morgan fingerprint density at radius 3 is 2.44 bits per heavy atom. The Bertz CT molecular complexity index is 1620. The number of fused-ring (bicyclic) bond motifs is 1. The van der Waals surface area contributed by atoms with Crippen LogP contribution in [0.15, 0.2) is 53.3 Å². The van der Waals surface area contributed by atoms with Crippen molar-refractivity contribution in [1.29, 1.82) is 0 Å². The molecule has 5 rings (SSSR count). The van der Waals surface area contributed by atoms with Gasteiger partial charge >= 0.3 is 0 Å². The largest absolute Gasteiger partial charge is 0.496 e. The number of ether oxygens (including phenoxy) is 1. The zero-order chi connectivity index (χ0) is 29.3. The third-order valence-electron chi connectivity index (χ3n) is 8.42. The van der Waals surface area contributed by atoms with Gasteiger partial charge in [0.25, 0.3) is 11.5 Å². The van der Waals surface area contributed by atoms with E-state index in [2.05, 4.69) is 26.7 Å². The molecule has 0 spiro atoms. The summed E-state index contributed by atoms with van der Waals surface area (Å²) in [7, 11) is 1.50.